The van der Waals surface area contributed by atoms with Crippen molar-refractivity contribution in [3.05, 3.63) is 225 Å². The Balaban J connectivity index is 0.937. The maximum Gasteiger partial charge on any atom is 0.422 e. The van der Waals surface area contributed by atoms with Crippen LogP contribution in [0.25, 0.3) is 55.8 Å². The summed E-state index contributed by atoms with van der Waals surface area (Å²) in [6.07, 6.45) is 5.67. The van der Waals surface area contributed by atoms with Crippen LogP contribution in [-0.2, 0) is 0 Å². The molecule has 0 fully saturated rings. The van der Waals surface area contributed by atoms with Crippen molar-refractivity contribution in [3.63, 3.8) is 0 Å². The molecule has 8 aromatic carbocycles. The number of hydrogen-bond donors (Lipinski definition) is 0. The van der Waals surface area contributed by atoms with E-state index in [1.807, 2.05) is 30.5 Å². The molecule has 12 rings (SSSR count). The van der Waals surface area contributed by atoms with Crippen molar-refractivity contribution < 1.29 is 9.30 Å². The number of fused-ring (bicyclic) bond motifs is 9. The number of hydrogen-bond acceptors (Lipinski definition) is 4. The molecule has 7 heteroatoms. The van der Waals surface area contributed by atoms with Gasteiger partial charge in [0.2, 0.25) is 0 Å². The van der Waals surface area contributed by atoms with E-state index in [9.17, 15) is 0 Å². The quantitative estimate of drug-likeness (QED) is 0.0917. The number of imidazole rings is 1. The van der Waals surface area contributed by atoms with E-state index < -0.39 is 0 Å². The van der Waals surface area contributed by atoms with Gasteiger partial charge in [-0.05, 0) is 81.8 Å². The minimum absolute atomic E-state index is 0.117. The summed E-state index contributed by atoms with van der Waals surface area (Å²) in [4.78, 5) is 9.73. The molecule has 0 radical (unpaired) electrons. The van der Waals surface area contributed by atoms with Gasteiger partial charge in [0.15, 0.2) is 0 Å². The second kappa shape index (κ2) is 14.3. The molecule has 286 valence electrons. The molecule has 0 amide bonds. The lowest BCUT2D eigenvalue weighted by Crippen LogP contribution is -2.55. The Bertz CT molecular complexity index is 3220. The zero-order valence-electron chi connectivity index (χ0n) is 33.0. The number of benzene rings is 8. The first-order valence-electron chi connectivity index (χ1n) is 20.6. The van der Waals surface area contributed by atoms with Crippen LogP contribution in [0.5, 0.6) is 11.5 Å². The van der Waals surface area contributed by atoms with Gasteiger partial charge in [0.25, 0.3) is 6.33 Å². The fraction of sp³-hybridized carbons (Fsp3) is 0. The molecule has 10 aromatic rings. The van der Waals surface area contributed by atoms with Crippen LogP contribution in [-0.4, -0.2) is 16.5 Å². The van der Waals surface area contributed by atoms with Gasteiger partial charge in [0.05, 0.1) is 28.1 Å². The predicted molar refractivity (Wildman–Crippen MR) is 247 cm³/mol. The van der Waals surface area contributed by atoms with E-state index in [0.29, 0.717) is 0 Å². The Hall–Kier alpha value is -8.16. The number of pyridine rings is 1. The summed E-state index contributed by atoms with van der Waals surface area (Å²) in [7, 11) is 0. The standard InChI is InChI=1S/C54H36BN5O/c1-3-17-38(18-4-1)44-27-15-28-45(39-19-5-2-6-20-39)53(44)58-37-57(50-31-11-12-32-51(50)58)40-21-13-23-42(35-40)61-43-24-14-22-41(36-43)59-54-52(33-16-34-56-54)60-49-30-10-8-26-47(49)46-25-7-9-29-48(46)55(59)60/h1-36H. The molecular formula is C54H36BN5O. The van der Waals surface area contributed by atoms with Crippen molar-refractivity contribution in [1.29, 1.82) is 0 Å². The first-order valence-corrected chi connectivity index (χ1v) is 20.6. The summed E-state index contributed by atoms with van der Waals surface area (Å²) in [5.74, 6) is 2.36. The average Bonchev–Trinajstić information content (AvgIpc) is 3.89. The summed E-state index contributed by atoms with van der Waals surface area (Å²) >= 11 is 0. The zero-order chi connectivity index (χ0) is 40.3. The van der Waals surface area contributed by atoms with Crippen LogP contribution in [0.4, 0.5) is 22.9 Å². The van der Waals surface area contributed by atoms with Crippen molar-refractivity contribution in [3.8, 4) is 56.3 Å². The van der Waals surface area contributed by atoms with Gasteiger partial charge in [-0.3, -0.25) is 9.13 Å². The third kappa shape index (κ3) is 5.74. The topological polar surface area (TPSA) is 37.4 Å². The number of anilines is 4. The molecule has 61 heavy (non-hydrogen) atoms. The fourth-order valence-electron chi connectivity index (χ4n) is 9.23. The van der Waals surface area contributed by atoms with E-state index in [1.54, 1.807) is 0 Å². The summed E-state index contributed by atoms with van der Waals surface area (Å²) < 4.78 is 11.1. The van der Waals surface area contributed by atoms with Crippen LogP contribution in [0, 0.1) is 6.33 Å². The minimum Gasteiger partial charge on any atom is -0.458 e. The van der Waals surface area contributed by atoms with E-state index in [2.05, 4.69) is 213 Å². The van der Waals surface area contributed by atoms with Gasteiger partial charge in [-0.25, -0.2) is 4.98 Å². The van der Waals surface area contributed by atoms with Crippen LogP contribution in [0.1, 0.15) is 0 Å². The molecule has 0 N–H and O–H groups in total. The number of rotatable bonds is 7. The molecule has 0 atom stereocenters. The third-order valence-corrected chi connectivity index (χ3v) is 11.8. The smallest absolute Gasteiger partial charge is 0.422 e. The van der Waals surface area contributed by atoms with Gasteiger partial charge >= 0.3 is 6.98 Å². The Morgan fingerprint density at radius 1 is 0.475 bits per heavy atom. The monoisotopic (exact) mass is 781 g/mol. The van der Waals surface area contributed by atoms with E-state index in [1.165, 1.54) is 22.3 Å². The maximum absolute atomic E-state index is 6.75. The highest BCUT2D eigenvalue weighted by Crippen LogP contribution is 2.50. The first-order chi connectivity index (χ1) is 30.3. The second-order valence-corrected chi connectivity index (χ2v) is 15.4. The van der Waals surface area contributed by atoms with Gasteiger partial charge in [0.1, 0.15) is 17.3 Å². The molecule has 6 nitrogen and oxygen atoms in total. The summed E-state index contributed by atoms with van der Waals surface area (Å²) in [5.41, 5.74) is 15.5. The number of ether oxygens (including phenoxy) is 1. The van der Waals surface area contributed by atoms with Gasteiger partial charge < -0.3 is 14.4 Å². The van der Waals surface area contributed by atoms with E-state index in [4.69, 9.17) is 9.72 Å². The van der Waals surface area contributed by atoms with Gasteiger partial charge in [-0.1, -0.05) is 158 Å². The molecule has 0 aliphatic carbocycles. The van der Waals surface area contributed by atoms with Crippen molar-refractivity contribution in [1.82, 2.24) is 9.55 Å². The Kier molecular flexibility index (Phi) is 8.16. The van der Waals surface area contributed by atoms with Crippen LogP contribution in [0.2, 0.25) is 0 Å². The molecule has 0 bridgehead atoms. The molecule has 0 unspecified atom stereocenters. The molecule has 4 heterocycles. The highest BCUT2D eigenvalue weighted by Gasteiger charge is 2.48. The number of nitrogens with zero attached hydrogens (tertiary/aromatic N) is 5. The predicted octanol–water partition coefficient (Wildman–Crippen LogP) is 11.9. The first kappa shape index (κ1) is 34.8. The third-order valence-electron chi connectivity index (χ3n) is 11.8. The van der Waals surface area contributed by atoms with E-state index in [0.717, 1.165) is 73.4 Å². The van der Waals surface area contributed by atoms with Crippen molar-refractivity contribution >= 4 is 46.4 Å². The average molecular weight is 782 g/mol. The molecule has 0 spiro atoms. The Morgan fingerprint density at radius 3 is 1.84 bits per heavy atom. The highest BCUT2D eigenvalue weighted by molar-refractivity contribution is 6.86. The normalized spacial score (nSPS) is 12.5. The zero-order valence-corrected chi connectivity index (χ0v) is 33.0. The van der Waals surface area contributed by atoms with Crippen LogP contribution in [0.3, 0.4) is 0 Å². The minimum atomic E-state index is -0.117. The van der Waals surface area contributed by atoms with Gasteiger partial charge in [-0.2, -0.15) is 0 Å². The van der Waals surface area contributed by atoms with Crippen LogP contribution < -0.4 is 24.4 Å². The number of para-hydroxylation sites is 4. The molecule has 2 aliphatic heterocycles. The maximum atomic E-state index is 6.75. The summed E-state index contributed by atoms with van der Waals surface area (Å²) in [6.45, 7) is -0.117. The van der Waals surface area contributed by atoms with E-state index in [-0.39, 0.29) is 6.98 Å². The van der Waals surface area contributed by atoms with Crippen molar-refractivity contribution in [2.24, 2.45) is 0 Å². The lowest BCUT2D eigenvalue weighted by molar-refractivity contribution is -0.571. The van der Waals surface area contributed by atoms with Gasteiger partial charge in [-0.15, -0.1) is 0 Å². The van der Waals surface area contributed by atoms with E-state index >= 15 is 0 Å². The van der Waals surface area contributed by atoms with Gasteiger partial charge in [0, 0.05) is 29.2 Å². The molecule has 2 aromatic heterocycles. The SMILES string of the molecule is [c-]1n(-c2cccc(Oc3cccc(N4B5c6ccccc6-c6ccccc6N5c5cccnc54)c3)c2)c2ccccc2[n+]1-c1c(-c2ccccc2)cccc1-c1ccccc1. The van der Waals surface area contributed by atoms with Crippen molar-refractivity contribution in [2.45, 2.75) is 0 Å². The Morgan fingerprint density at radius 2 is 1.07 bits per heavy atom. The van der Waals surface area contributed by atoms with Crippen molar-refractivity contribution in [2.75, 3.05) is 9.62 Å². The molecule has 0 saturated heterocycles. The van der Waals surface area contributed by atoms with Crippen LogP contribution in [0.15, 0.2) is 219 Å². The Labute approximate surface area is 354 Å². The fourth-order valence-corrected chi connectivity index (χ4v) is 9.23. The summed E-state index contributed by atoms with van der Waals surface area (Å²) in [6, 6.07) is 74.4. The largest absolute Gasteiger partial charge is 0.458 e. The lowest BCUT2D eigenvalue weighted by Gasteiger charge is -2.36. The number of aromatic nitrogens is 3. The van der Waals surface area contributed by atoms with Crippen LogP contribution >= 0.6 is 0 Å². The second-order valence-electron chi connectivity index (χ2n) is 15.4. The summed E-state index contributed by atoms with van der Waals surface area (Å²) in [5, 5.41) is 0. The highest BCUT2D eigenvalue weighted by atomic mass is 16.5. The molecule has 0 saturated carbocycles. The molecule has 2 aliphatic rings. The lowest BCUT2D eigenvalue weighted by atomic mass is 9.59. The molecular weight excluding hydrogens is 745 g/mol.